The fourth-order valence-electron chi connectivity index (χ4n) is 1.48. The predicted molar refractivity (Wildman–Crippen MR) is 65.6 cm³/mol. The van der Waals surface area contributed by atoms with Gasteiger partial charge in [-0.25, -0.2) is 0 Å². The topological polar surface area (TPSA) is 22.0 Å². The van der Waals surface area contributed by atoms with Gasteiger partial charge in [0.05, 0.1) is 16.0 Å². The Morgan fingerprint density at radius 3 is 2.87 bits per heavy atom. The van der Waals surface area contributed by atoms with Crippen LogP contribution in [0.25, 0.3) is 0 Å². The second-order valence-corrected chi connectivity index (χ2v) is 5.83. The van der Waals surface area contributed by atoms with Crippen molar-refractivity contribution in [3.8, 4) is 0 Å². The Hall–Kier alpha value is -0.870. The first-order chi connectivity index (χ1) is 7.16. The highest BCUT2D eigenvalue weighted by Crippen LogP contribution is 2.23. The molecule has 0 aromatic carbocycles. The molecule has 0 spiro atoms. The highest BCUT2D eigenvalue weighted by molar-refractivity contribution is 9.11. The summed E-state index contributed by atoms with van der Waals surface area (Å²) in [4.78, 5) is 12.5. The van der Waals surface area contributed by atoms with E-state index >= 15 is 0 Å². The first-order valence-electron chi connectivity index (χ1n) is 4.57. The summed E-state index contributed by atoms with van der Waals surface area (Å²) in [7, 11) is 0. The average molecular weight is 284 g/mol. The summed E-state index contributed by atoms with van der Waals surface area (Å²) in [6.45, 7) is 2.36. The number of halogens is 1. The van der Waals surface area contributed by atoms with E-state index in [0.717, 1.165) is 16.0 Å². The Balaban J connectivity index is 2.24. The summed E-state index contributed by atoms with van der Waals surface area (Å²) in [5, 5.41) is 0. The Morgan fingerprint density at radius 2 is 2.27 bits per heavy atom. The van der Waals surface area contributed by atoms with Gasteiger partial charge in [0, 0.05) is 18.0 Å². The molecule has 2 heterocycles. The SMILES string of the molecule is CC(=O)c1cccn1Cc1ccc(Br)s1. The monoisotopic (exact) mass is 283 g/mol. The van der Waals surface area contributed by atoms with E-state index in [0.29, 0.717) is 0 Å². The summed E-state index contributed by atoms with van der Waals surface area (Å²) < 4.78 is 3.09. The van der Waals surface area contributed by atoms with Gasteiger partial charge in [-0.15, -0.1) is 11.3 Å². The number of nitrogens with zero attached hydrogens (tertiary/aromatic N) is 1. The van der Waals surface area contributed by atoms with Crippen molar-refractivity contribution in [1.82, 2.24) is 4.57 Å². The molecule has 0 unspecified atom stereocenters. The fourth-order valence-corrected chi connectivity index (χ4v) is 2.96. The molecule has 0 bridgehead atoms. The molecular formula is C11H10BrNOS. The molecule has 0 aliphatic heterocycles. The van der Waals surface area contributed by atoms with Gasteiger partial charge in [0.1, 0.15) is 0 Å². The van der Waals surface area contributed by atoms with E-state index in [1.54, 1.807) is 18.3 Å². The number of ketones is 1. The van der Waals surface area contributed by atoms with E-state index in [1.165, 1.54) is 4.88 Å². The van der Waals surface area contributed by atoms with Crippen LogP contribution >= 0.6 is 27.3 Å². The second-order valence-electron chi connectivity index (χ2n) is 3.28. The molecule has 78 valence electrons. The molecule has 2 rings (SSSR count). The third-order valence-electron chi connectivity index (χ3n) is 2.15. The van der Waals surface area contributed by atoms with Crippen LogP contribution in [0.2, 0.25) is 0 Å². The van der Waals surface area contributed by atoms with E-state index < -0.39 is 0 Å². The zero-order valence-corrected chi connectivity index (χ0v) is 10.6. The van der Waals surface area contributed by atoms with Gasteiger partial charge in [-0.2, -0.15) is 0 Å². The molecule has 0 N–H and O–H groups in total. The maximum atomic E-state index is 11.3. The van der Waals surface area contributed by atoms with Crippen molar-refractivity contribution in [2.45, 2.75) is 13.5 Å². The van der Waals surface area contributed by atoms with Crippen molar-refractivity contribution in [2.75, 3.05) is 0 Å². The Kier molecular flexibility index (Phi) is 3.07. The largest absolute Gasteiger partial charge is 0.340 e. The lowest BCUT2D eigenvalue weighted by atomic mass is 10.3. The zero-order valence-electron chi connectivity index (χ0n) is 8.24. The van der Waals surface area contributed by atoms with Crippen LogP contribution in [0.15, 0.2) is 34.2 Å². The highest BCUT2D eigenvalue weighted by atomic mass is 79.9. The summed E-state index contributed by atoms with van der Waals surface area (Å²) in [5.41, 5.74) is 0.763. The van der Waals surface area contributed by atoms with Gasteiger partial charge in [-0.1, -0.05) is 0 Å². The van der Waals surface area contributed by atoms with E-state index in [4.69, 9.17) is 0 Å². The summed E-state index contributed by atoms with van der Waals surface area (Å²) >= 11 is 5.12. The smallest absolute Gasteiger partial charge is 0.176 e. The second kappa shape index (κ2) is 4.33. The van der Waals surface area contributed by atoms with Gasteiger partial charge in [0.2, 0.25) is 0 Å². The molecule has 4 heteroatoms. The number of hydrogen-bond acceptors (Lipinski definition) is 2. The summed E-state index contributed by atoms with van der Waals surface area (Å²) in [5.74, 6) is 0.107. The lowest BCUT2D eigenvalue weighted by Crippen LogP contribution is -2.05. The van der Waals surface area contributed by atoms with Gasteiger partial charge in [-0.3, -0.25) is 4.79 Å². The third kappa shape index (κ3) is 2.38. The maximum Gasteiger partial charge on any atom is 0.176 e. The Morgan fingerprint density at radius 1 is 1.47 bits per heavy atom. The number of rotatable bonds is 3. The van der Waals surface area contributed by atoms with Crippen LogP contribution in [-0.4, -0.2) is 10.4 Å². The fraction of sp³-hybridized carbons (Fsp3) is 0.182. The maximum absolute atomic E-state index is 11.3. The molecule has 2 nitrogen and oxygen atoms in total. The van der Waals surface area contributed by atoms with E-state index in [2.05, 4.69) is 22.0 Å². The number of thiophene rings is 1. The number of Topliss-reactive ketones (excluding diaryl/α,β-unsaturated/α-hetero) is 1. The molecule has 0 saturated heterocycles. The van der Waals surface area contributed by atoms with Crippen LogP contribution < -0.4 is 0 Å². The van der Waals surface area contributed by atoms with E-state index in [-0.39, 0.29) is 5.78 Å². The molecule has 0 aliphatic carbocycles. The van der Waals surface area contributed by atoms with Gasteiger partial charge in [0.25, 0.3) is 0 Å². The number of hydrogen-bond donors (Lipinski definition) is 0. The van der Waals surface area contributed by atoms with Crippen LogP contribution in [0, 0.1) is 0 Å². The Bertz CT molecular complexity index is 486. The first-order valence-corrected chi connectivity index (χ1v) is 6.18. The molecule has 2 aromatic heterocycles. The molecule has 0 amide bonds. The van der Waals surface area contributed by atoms with Crippen LogP contribution in [-0.2, 0) is 6.54 Å². The van der Waals surface area contributed by atoms with Crippen molar-refractivity contribution in [3.05, 3.63) is 44.8 Å². The Labute approximate surface area is 101 Å². The minimum atomic E-state index is 0.107. The van der Waals surface area contributed by atoms with Gasteiger partial charge in [0.15, 0.2) is 5.78 Å². The van der Waals surface area contributed by atoms with Crippen LogP contribution in [0.5, 0.6) is 0 Å². The lowest BCUT2D eigenvalue weighted by Gasteiger charge is -2.04. The van der Waals surface area contributed by atoms with Crippen LogP contribution in [0.1, 0.15) is 22.3 Å². The van der Waals surface area contributed by atoms with Gasteiger partial charge >= 0.3 is 0 Å². The van der Waals surface area contributed by atoms with Gasteiger partial charge < -0.3 is 4.57 Å². The molecular weight excluding hydrogens is 274 g/mol. The van der Waals surface area contributed by atoms with Gasteiger partial charge in [-0.05, 0) is 40.2 Å². The van der Waals surface area contributed by atoms with Crippen molar-refractivity contribution in [3.63, 3.8) is 0 Å². The van der Waals surface area contributed by atoms with Crippen molar-refractivity contribution >= 4 is 33.0 Å². The summed E-state index contributed by atoms with van der Waals surface area (Å²) in [6.07, 6.45) is 1.93. The van der Waals surface area contributed by atoms with Crippen LogP contribution in [0.3, 0.4) is 0 Å². The minimum absolute atomic E-state index is 0.107. The molecule has 2 aromatic rings. The van der Waals surface area contributed by atoms with E-state index in [1.807, 2.05) is 29.0 Å². The zero-order chi connectivity index (χ0) is 10.8. The normalized spacial score (nSPS) is 10.5. The van der Waals surface area contributed by atoms with Crippen molar-refractivity contribution in [1.29, 1.82) is 0 Å². The average Bonchev–Trinajstić information content (AvgIpc) is 2.75. The molecule has 0 aliphatic rings. The number of aromatic nitrogens is 1. The molecule has 15 heavy (non-hydrogen) atoms. The number of carbonyl (C=O) groups is 1. The van der Waals surface area contributed by atoms with Crippen molar-refractivity contribution < 1.29 is 4.79 Å². The highest BCUT2D eigenvalue weighted by Gasteiger charge is 2.06. The lowest BCUT2D eigenvalue weighted by molar-refractivity contribution is 0.100. The summed E-state index contributed by atoms with van der Waals surface area (Å²) in [6, 6.07) is 7.85. The van der Waals surface area contributed by atoms with E-state index in [9.17, 15) is 4.79 Å². The van der Waals surface area contributed by atoms with Crippen molar-refractivity contribution in [2.24, 2.45) is 0 Å². The number of carbonyl (C=O) groups excluding carboxylic acids is 1. The molecule has 0 atom stereocenters. The molecule has 0 saturated carbocycles. The molecule has 0 radical (unpaired) electrons. The standard InChI is InChI=1S/C11H10BrNOS/c1-8(14)10-3-2-6-13(10)7-9-4-5-11(12)15-9/h2-6H,7H2,1H3. The first kappa shape index (κ1) is 10.6. The third-order valence-corrected chi connectivity index (χ3v) is 3.75. The molecule has 0 fully saturated rings. The predicted octanol–water partition coefficient (Wildman–Crippen LogP) is 3.56. The minimum Gasteiger partial charge on any atom is -0.340 e. The van der Waals surface area contributed by atoms with Crippen LogP contribution in [0.4, 0.5) is 0 Å². The quantitative estimate of drug-likeness (QED) is 0.790.